The second-order valence-corrected chi connectivity index (χ2v) is 5.87. The highest BCUT2D eigenvalue weighted by molar-refractivity contribution is 5.95. The zero-order chi connectivity index (χ0) is 14.2. The summed E-state index contributed by atoms with van der Waals surface area (Å²) in [6.45, 7) is 0. The van der Waals surface area contributed by atoms with Gasteiger partial charge in [-0.1, -0.05) is 0 Å². The molecule has 2 aliphatic carbocycles. The number of hydrogen-bond donors (Lipinski definition) is 2. The number of rotatable bonds is 5. The third kappa shape index (κ3) is 2.53. The van der Waals surface area contributed by atoms with Gasteiger partial charge in [0.05, 0.1) is 23.5 Å². The van der Waals surface area contributed by atoms with Gasteiger partial charge in [-0.25, -0.2) is 9.97 Å². The molecule has 0 spiro atoms. The molecule has 2 aromatic rings. The summed E-state index contributed by atoms with van der Waals surface area (Å²) in [6, 6.07) is 1.69. The second kappa shape index (κ2) is 4.95. The first kappa shape index (κ1) is 12.5. The molecular formula is C15H17N5O. The van der Waals surface area contributed by atoms with E-state index >= 15 is 0 Å². The Kier molecular flexibility index (Phi) is 2.94. The number of carbonyl (C=O) groups excluding carboxylic acids is 1. The summed E-state index contributed by atoms with van der Waals surface area (Å²) in [6.07, 6.45) is 9.56. The van der Waals surface area contributed by atoms with E-state index in [0.29, 0.717) is 23.2 Å². The molecule has 1 amide bonds. The zero-order valence-corrected chi connectivity index (χ0v) is 11.6. The molecule has 0 radical (unpaired) electrons. The maximum absolute atomic E-state index is 12.5. The molecule has 6 heteroatoms. The van der Waals surface area contributed by atoms with Crippen molar-refractivity contribution in [2.45, 2.75) is 37.6 Å². The minimum Gasteiger partial charge on any atom is -0.342 e. The quantitative estimate of drug-likeness (QED) is 0.878. The van der Waals surface area contributed by atoms with Crippen LogP contribution in [0.4, 0.5) is 0 Å². The molecule has 0 saturated heterocycles. The van der Waals surface area contributed by atoms with Crippen LogP contribution in [-0.4, -0.2) is 26.1 Å². The van der Waals surface area contributed by atoms with Gasteiger partial charge in [-0.05, 0) is 37.7 Å². The Bertz CT molecular complexity index is 645. The summed E-state index contributed by atoms with van der Waals surface area (Å²) in [7, 11) is 0. The summed E-state index contributed by atoms with van der Waals surface area (Å²) in [4.78, 5) is 21.1. The van der Waals surface area contributed by atoms with Gasteiger partial charge in [0.25, 0.3) is 5.91 Å². The monoisotopic (exact) mass is 283 g/mol. The number of H-pyrrole nitrogens is 1. The lowest BCUT2D eigenvalue weighted by atomic mass is 10.1. The second-order valence-electron chi connectivity index (χ2n) is 5.87. The van der Waals surface area contributed by atoms with E-state index in [9.17, 15) is 4.79 Å². The van der Waals surface area contributed by atoms with Crippen molar-refractivity contribution in [1.29, 1.82) is 0 Å². The Hall–Kier alpha value is -2.24. The average Bonchev–Trinajstić information content (AvgIpc) is 3.44. The molecule has 2 heterocycles. The summed E-state index contributed by atoms with van der Waals surface area (Å²) in [5.74, 6) is 1.55. The lowest BCUT2D eigenvalue weighted by Gasteiger charge is -2.16. The first-order valence-corrected chi connectivity index (χ1v) is 7.44. The lowest BCUT2D eigenvalue weighted by Crippen LogP contribution is -2.31. The highest BCUT2D eigenvalue weighted by atomic mass is 16.1. The first-order valence-electron chi connectivity index (χ1n) is 7.44. The number of aromatic nitrogens is 4. The molecule has 6 nitrogen and oxygen atoms in total. The van der Waals surface area contributed by atoms with E-state index in [-0.39, 0.29) is 11.9 Å². The normalized spacial score (nSPS) is 19.2. The molecule has 1 unspecified atom stereocenters. The average molecular weight is 283 g/mol. The molecule has 108 valence electrons. The predicted molar refractivity (Wildman–Crippen MR) is 75.5 cm³/mol. The maximum Gasteiger partial charge on any atom is 0.255 e. The van der Waals surface area contributed by atoms with Crippen LogP contribution in [0.15, 0.2) is 24.7 Å². The maximum atomic E-state index is 12.5. The van der Waals surface area contributed by atoms with Gasteiger partial charge in [-0.15, -0.1) is 0 Å². The molecule has 2 fully saturated rings. The molecule has 4 rings (SSSR count). The summed E-state index contributed by atoms with van der Waals surface area (Å²) in [5, 5.41) is 10.1. The van der Waals surface area contributed by atoms with E-state index in [1.165, 1.54) is 0 Å². The number of aromatic amines is 1. The molecular weight excluding hydrogens is 266 g/mol. The Morgan fingerprint density at radius 1 is 1.24 bits per heavy atom. The molecule has 2 aromatic heterocycles. The number of carbonyl (C=O) groups is 1. The minimum atomic E-state index is -0.0966. The van der Waals surface area contributed by atoms with Gasteiger partial charge >= 0.3 is 0 Å². The van der Waals surface area contributed by atoms with Gasteiger partial charge in [-0.2, -0.15) is 5.10 Å². The largest absolute Gasteiger partial charge is 0.342 e. The van der Waals surface area contributed by atoms with Crippen LogP contribution in [0.5, 0.6) is 0 Å². The van der Waals surface area contributed by atoms with E-state index in [0.717, 1.165) is 31.4 Å². The van der Waals surface area contributed by atoms with Crippen LogP contribution < -0.4 is 5.32 Å². The topological polar surface area (TPSA) is 83.6 Å². The fourth-order valence-electron chi connectivity index (χ4n) is 2.67. The van der Waals surface area contributed by atoms with Crippen molar-refractivity contribution in [3.63, 3.8) is 0 Å². The van der Waals surface area contributed by atoms with Crippen molar-refractivity contribution >= 4 is 5.91 Å². The van der Waals surface area contributed by atoms with Crippen LogP contribution >= 0.6 is 0 Å². The van der Waals surface area contributed by atoms with Gasteiger partial charge in [0.15, 0.2) is 5.82 Å². The summed E-state index contributed by atoms with van der Waals surface area (Å²) < 4.78 is 0. The van der Waals surface area contributed by atoms with Crippen LogP contribution in [0.3, 0.4) is 0 Å². The van der Waals surface area contributed by atoms with Gasteiger partial charge in [0, 0.05) is 18.3 Å². The molecule has 21 heavy (non-hydrogen) atoms. The van der Waals surface area contributed by atoms with Crippen molar-refractivity contribution in [1.82, 2.24) is 25.5 Å². The van der Waals surface area contributed by atoms with E-state index in [1.54, 1.807) is 24.7 Å². The number of nitrogens with zero attached hydrogens (tertiary/aromatic N) is 3. The van der Waals surface area contributed by atoms with Gasteiger partial charge in [-0.3, -0.25) is 9.89 Å². The molecule has 2 saturated carbocycles. The van der Waals surface area contributed by atoms with Crippen LogP contribution in [-0.2, 0) is 0 Å². The van der Waals surface area contributed by atoms with Crippen LogP contribution in [0.1, 0.15) is 59.5 Å². The van der Waals surface area contributed by atoms with Crippen molar-refractivity contribution < 1.29 is 4.79 Å². The molecule has 2 N–H and O–H groups in total. The number of hydrogen-bond acceptors (Lipinski definition) is 4. The molecule has 0 aliphatic heterocycles. The van der Waals surface area contributed by atoms with Crippen molar-refractivity contribution in [3.8, 4) is 0 Å². The van der Waals surface area contributed by atoms with Crippen LogP contribution in [0, 0.1) is 5.92 Å². The van der Waals surface area contributed by atoms with Gasteiger partial charge < -0.3 is 5.32 Å². The van der Waals surface area contributed by atoms with E-state index < -0.39 is 0 Å². The fraction of sp³-hybridized carbons (Fsp3) is 0.467. The standard InChI is InChI=1S/C15H17N5O/c21-15(11-8-18-20-12(11)9-2-3-9)19-13(10-4-5-10)14-16-6-1-7-17-14/h1,6-10,13H,2-5H2,(H,18,20)(H,19,21). The third-order valence-electron chi connectivity index (χ3n) is 4.14. The molecule has 0 bridgehead atoms. The van der Waals surface area contributed by atoms with E-state index in [1.807, 2.05) is 0 Å². The van der Waals surface area contributed by atoms with Crippen LogP contribution in [0.2, 0.25) is 0 Å². The Labute approximate surface area is 122 Å². The Balaban J connectivity index is 1.55. The third-order valence-corrected chi connectivity index (χ3v) is 4.14. The smallest absolute Gasteiger partial charge is 0.255 e. The van der Waals surface area contributed by atoms with Crippen molar-refractivity contribution in [3.05, 3.63) is 41.7 Å². The molecule has 0 aromatic carbocycles. The number of amides is 1. The summed E-state index contributed by atoms with van der Waals surface area (Å²) in [5.41, 5.74) is 1.63. The van der Waals surface area contributed by atoms with Crippen molar-refractivity contribution in [2.75, 3.05) is 0 Å². The fourth-order valence-corrected chi connectivity index (χ4v) is 2.67. The number of nitrogens with one attached hydrogen (secondary N) is 2. The summed E-state index contributed by atoms with van der Waals surface area (Å²) >= 11 is 0. The van der Waals surface area contributed by atoms with Gasteiger partial charge in [0.2, 0.25) is 0 Å². The minimum absolute atomic E-state index is 0.0741. The lowest BCUT2D eigenvalue weighted by molar-refractivity contribution is 0.0928. The highest BCUT2D eigenvalue weighted by Gasteiger charge is 2.37. The molecule has 1 atom stereocenters. The van der Waals surface area contributed by atoms with Crippen molar-refractivity contribution in [2.24, 2.45) is 5.92 Å². The Morgan fingerprint density at radius 3 is 2.67 bits per heavy atom. The Morgan fingerprint density at radius 2 is 2.00 bits per heavy atom. The highest BCUT2D eigenvalue weighted by Crippen LogP contribution is 2.42. The molecule has 2 aliphatic rings. The zero-order valence-electron chi connectivity index (χ0n) is 11.6. The SMILES string of the molecule is O=C(NC(c1ncccn1)C1CC1)c1cn[nH]c1C1CC1. The first-order chi connectivity index (χ1) is 10.3. The van der Waals surface area contributed by atoms with Crippen LogP contribution in [0.25, 0.3) is 0 Å². The van der Waals surface area contributed by atoms with E-state index in [2.05, 4.69) is 25.5 Å². The van der Waals surface area contributed by atoms with Gasteiger partial charge in [0.1, 0.15) is 0 Å². The van der Waals surface area contributed by atoms with E-state index in [4.69, 9.17) is 0 Å². The predicted octanol–water partition coefficient (Wildman–Crippen LogP) is 1.96.